The van der Waals surface area contributed by atoms with Crippen LogP contribution >= 0.6 is 0 Å². The van der Waals surface area contributed by atoms with Crippen molar-refractivity contribution in [2.45, 2.75) is 0 Å². The zero-order valence-electron chi connectivity index (χ0n) is 7.40. The highest BCUT2D eigenvalue weighted by Gasteiger charge is 1.97. The van der Waals surface area contributed by atoms with Gasteiger partial charge in [0.2, 0.25) is 0 Å². The van der Waals surface area contributed by atoms with Gasteiger partial charge in [-0.15, -0.1) is 0 Å². The van der Waals surface area contributed by atoms with E-state index in [1.807, 2.05) is 36.4 Å². The Hall–Kier alpha value is -1.56. The third-order valence-electron chi connectivity index (χ3n) is 2.10. The van der Waals surface area contributed by atoms with E-state index in [1.165, 1.54) is 11.1 Å². The standard InChI is InChI=1S/C13H11/c1-11-7-5-6-10-13(11)12-8-3-2-4-9-12/h2-10H,1H2. The number of hydrogen-bond donors (Lipinski definition) is 0. The summed E-state index contributed by atoms with van der Waals surface area (Å²) in [5.41, 5.74) is 3.52. The average molecular weight is 167 g/mol. The SMILES string of the molecule is [CH2]c1ccccc1-c1ccccc1. The molecule has 0 N–H and O–H groups in total. The molecule has 0 atom stereocenters. The van der Waals surface area contributed by atoms with Gasteiger partial charge in [0.1, 0.15) is 0 Å². The van der Waals surface area contributed by atoms with Crippen LogP contribution in [0.5, 0.6) is 0 Å². The van der Waals surface area contributed by atoms with Crippen LogP contribution in [0.4, 0.5) is 0 Å². The minimum Gasteiger partial charge on any atom is -0.0622 e. The van der Waals surface area contributed by atoms with Gasteiger partial charge in [0.25, 0.3) is 0 Å². The van der Waals surface area contributed by atoms with Crippen molar-refractivity contribution in [3.8, 4) is 11.1 Å². The lowest BCUT2D eigenvalue weighted by Crippen LogP contribution is -1.80. The number of hydrogen-bond acceptors (Lipinski definition) is 0. The predicted octanol–water partition coefficient (Wildman–Crippen LogP) is 3.54. The predicted molar refractivity (Wildman–Crippen MR) is 56.3 cm³/mol. The van der Waals surface area contributed by atoms with Gasteiger partial charge in [-0.3, -0.25) is 0 Å². The first-order valence-electron chi connectivity index (χ1n) is 4.34. The Kier molecular flexibility index (Phi) is 2.13. The van der Waals surface area contributed by atoms with E-state index < -0.39 is 0 Å². The van der Waals surface area contributed by atoms with Crippen molar-refractivity contribution in [3.05, 3.63) is 67.1 Å². The fraction of sp³-hybridized carbons (Fsp3) is 0. The van der Waals surface area contributed by atoms with Crippen LogP contribution in [-0.2, 0) is 0 Å². The van der Waals surface area contributed by atoms with Crippen LogP contribution in [0, 0.1) is 6.92 Å². The summed E-state index contributed by atoms with van der Waals surface area (Å²) >= 11 is 0. The van der Waals surface area contributed by atoms with Crippen LogP contribution < -0.4 is 0 Å². The molecule has 0 nitrogen and oxygen atoms in total. The number of benzene rings is 2. The second kappa shape index (κ2) is 3.44. The van der Waals surface area contributed by atoms with Gasteiger partial charge in [-0.05, 0) is 23.6 Å². The molecule has 0 fully saturated rings. The van der Waals surface area contributed by atoms with Gasteiger partial charge in [0, 0.05) is 0 Å². The van der Waals surface area contributed by atoms with E-state index in [0.29, 0.717) is 0 Å². The average Bonchev–Trinajstić information content (AvgIpc) is 2.20. The lowest BCUT2D eigenvalue weighted by atomic mass is 10.0. The van der Waals surface area contributed by atoms with Crippen LogP contribution in [0.1, 0.15) is 5.56 Å². The summed E-state index contributed by atoms with van der Waals surface area (Å²) in [5.74, 6) is 0. The first-order chi connectivity index (χ1) is 6.38. The molecule has 0 aromatic heterocycles. The molecule has 0 bridgehead atoms. The zero-order chi connectivity index (χ0) is 9.10. The normalized spacial score (nSPS) is 9.92. The Labute approximate surface area is 78.9 Å². The summed E-state index contributed by atoms with van der Waals surface area (Å²) in [7, 11) is 0. The maximum atomic E-state index is 4.00. The summed E-state index contributed by atoms with van der Waals surface area (Å²) in [5, 5.41) is 0. The second-order valence-corrected chi connectivity index (χ2v) is 3.02. The molecular formula is C13H11. The van der Waals surface area contributed by atoms with Gasteiger partial charge in [-0.25, -0.2) is 0 Å². The quantitative estimate of drug-likeness (QED) is 0.609. The smallest absolute Gasteiger partial charge is 0.0152 e. The van der Waals surface area contributed by atoms with Crippen molar-refractivity contribution in [3.63, 3.8) is 0 Å². The molecular weight excluding hydrogens is 156 g/mol. The third kappa shape index (κ3) is 1.62. The van der Waals surface area contributed by atoms with E-state index in [-0.39, 0.29) is 0 Å². The summed E-state index contributed by atoms with van der Waals surface area (Å²) in [6, 6.07) is 18.5. The van der Waals surface area contributed by atoms with E-state index in [4.69, 9.17) is 0 Å². The molecule has 13 heavy (non-hydrogen) atoms. The van der Waals surface area contributed by atoms with Gasteiger partial charge in [0.15, 0.2) is 0 Å². The molecule has 0 amide bonds. The third-order valence-corrected chi connectivity index (χ3v) is 2.10. The lowest BCUT2D eigenvalue weighted by molar-refractivity contribution is 1.56. The largest absolute Gasteiger partial charge is 0.0622 e. The van der Waals surface area contributed by atoms with Crippen molar-refractivity contribution >= 4 is 0 Å². The Morgan fingerprint density at radius 1 is 0.692 bits per heavy atom. The molecule has 2 rings (SSSR count). The van der Waals surface area contributed by atoms with Gasteiger partial charge in [-0.2, -0.15) is 0 Å². The molecule has 0 unspecified atom stereocenters. The number of rotatable bonds is 1. The highest BCUT2D eigenvalue weighted by molar-refractivity contribution is 5.67. The summed E-state index contributed by atoms with van der Waals surface area (Å²) < 4.78 is 0. The molecule has 0 aliphatic rings. The molecule has 0 heteroatoms. The highest BCUT2D eigenvalue weighted by Crippen LogP contribution is 2.21. The van der Waals surface area contributed by atoms with Crippen LogP contribution in [0.25, 0.3) is 11.1 Å². The van der Waals surface area contributed by atoms with Crippen LogP contribution in [-0.4, -0.2) is 0 Å². The van der Waals surface area contributed by atoms with Crippen LogP contribution in [0.15, 0.2) is 54.6 Å². The lowest BCUT2D eigenvalue weighted by Gasteiger charge is -2.04. The molecule has 2 aromatic carbocycles. The first kappa shape index (κ1) is 8.06. The minimum absolute atomic E-state index is 1.08. The second-order valence-electron chi connectivity index (χ2n) is 3.02. The van der Waals surface area contributed by atoms with Crippen molar-refractivity contribution < 1.29 is 0 Å². The molecule has 2 aromatic rings. The Bertz CT molecular complexity index is 388. The maximum Gasteiger partial charge on any atom is -0.0152 e. The Morgan fingerprint density at radius 2 is 1.31 bits per heavy atom. The van der Waals surface area contributed by atoms with Gasteiger partial charge >= 0.3 is 0 Å². The van der Waals surface area contributed by atoms with Crippen molar-refractivity contribution in [2.75, 3.05) is 0 Å². The minimum atomic E-state index is 1.08. The molecule has 1 radical (unpaired) electrons. The first-order valence-corrected chi connectivity index (χ1v) is 4.34. The Morgan fingerprint density at radius 3 is 2.00 bits per heavy atom. The molecule has 0 saturated heterocycles. The molecule has 0 heterocycles. The van der Waals surface area contributed by atoms with Crippen LogP contribution in [0.2, 0.25) is 0 Å². The van der Waals surface area contributed by atoms with E-state index in [2.05, 4.69) is 25.1 Å². The van der Waals surface area contributed by atoms with E-state index in [0.717, 1.165) is 5.56 Å². The van der Waals surface area contributed by atoms with E-state index in [1.54, 1.807) is 0 Å². The molecule has 0 aliphatic heterocycles. The summed E-state index contributed by atoms with van der Waals surface area (Å²) in [6.07, 6.45) is 0. The fourth-order valence-corrected chi connectivity index (χ4v) is 1.42. The van der Waals surface area contributed by atoms with Gasteiger partial charge in [-0.1, -0.05) is 54.6 Å². The summed E-state index contributed by atoms with van der Waals surface area (Å²) in [4.78, 5) is 0. The van der Waals surface area contributed by atoms with Crippen molar-refractivity contribution in [1.82, 2.24) is 0 Å². The molecule has 0 saturated carbocycles. The Balaban J connectivity index is 2.54. The summed E-state index contributed by atoms with van der Waals surface area (Å²) in [6.45, 7) is 4.00. The molecule has 0 spiro atoms. The topological polar surface area (TPSA) is 0 Å². The van der Waals surface area contributed by atoms with E-state index >= 15 is 0 Å². The fourth-order valence-electron chi connectivity index (χ4n) is 1.42. The molecule has 63 valence electrons. The highest BCUT2D eigenvalue weighted by atomic mass is 14.0. The van der Waals surface area contributed by atoms with Gasteiger partial charge in [0.05, 0.1) is 0 Å². The monoisotopic (exact) mass is 167 g/mol. The van der Waals surface area contributed by atoms with Crippen molar-refractivity contribution in [1.29, 1.82) is 0 Å². The maximum absolute atomic E-state index is 4.00. The van der Waals surface area contributed by atoms with E-state index in [9.17, 15) is 0 Å². The van der Waals surface area contributed by atoms with Crippen LogP contribution in [0.3, 0.4) is 0 Å². The zero-order valence-corrected chi connectivity index (χ0v) is 7.40. The molecule has 0 aliphatic carbocycles. The van der Waals surface area contributed by atoms with Gasteiger partial charge < -0.3 is 0 Å². The van der Waals surface area contributed by atoms with Crippen molar-refractivity contribution in [2.24, 2.45) is 0 Å².